The minimum Gasteiger partial charge on any atom is -0.461 e. The highest BCUT2D eigenvalue weighted by molar-refractivity contribution is 6.00. The number of nitro groups is 1. The molecular formula is C36H41N5O6. The molecule has 0 saturated carbocycles. The van der Waals surface area contributed by atoms with E-state index in [0.717, 1.165) is 25.1 Å². The number of piperidine rings is 1. The van der Waals surface area contributed by atoms with E-state index in [0.29, 0.717) is 37.3 Å². The van der Waals surface area contributed by atoms with Gasteiger partial charge in [0.05, 0.1) is 22.0 Å². The zero-order chi connectivity index (χ0) is 33.3. The van der Waals surface area contributed by atoms with Gasteiger partial charge < -0.3 is 20.5 Å². The third-order valence-electron chi connectivity index (χ3n) is 8.43. The lowest BCUT2D eigenvalue weighted by Crippen LogP contribution is -2.42. The molecule has 2 heterocycles. The van der Waals surface area contributed by atoms with Crippen molar-refractivity contribution >= 4 is 17.6 Å². The number of carbonyl (C=O) groups excluding carboxylic acids is 2. The Hall–Kier alpha value is -5.00. The van der Waals surface area contributed by atoms with Crippen LogP contribution in [0.3, 0.4) is 0 Å². The SMILES string of the molecule is CC1=C(C(=O)OCCN(C)Cc2ccccc2)C(c2cccc([N+](=O)[O-])c2)C(C(=O)OC2CCCN(Cc3ccccc3)C2)=C(N)N1. The maximum Gasteiger partial charge on any atom is 0.338 e. The van der Waals surface area contributed by atoms with Gasteiger partial charge in [-0.15, -0.1) is 0 Å². The van der Waals surface area contributed by atoms with Crippen LogP contribution in [0.25, 0.3) is 0 Å². The van der Waals surface area contributed by atoms with E-state index >= 15 is 0 Å². The van der Waals surface area contributed by atoms with Crippen molar-refractivity contribution in [2.24, 2.45) is 5.73 Å². The Morgan fingerprint density at radius 3 is 2.40 bits per heavy atom. The first-order valence-electron chi connectivity index (χ1n) is 15.8. The van der Waals surface area contributed by atoms with Crippen LogP contribution in [-0.2, 0) is 32.2 Å². The third kappa shape index (κ3) is 8.63. The number of nitrogens with zero attached hydrogens (tertiary/aromatic N) is 3. The fraction of sp³-hybridized carbons (Fsp3) is 0.333. The van der Waals surface area contributed by atoms with E-state index in [1.54, 1.807) is 13.0 Å². The van der Waals surface area contributed by atoms with Crippen LogP contribution in [0, 0.1) is 10.1 Å². The highest BCUT2D eigenvalue weighted by Gasteiger charge is 2.40. The number of hydrogen-bond donors (Lipinski definition) is 2. The number of ether oxygens (including phenoxy) is 2. The fourth-order valence-corrected chi connectivity index (χ4v) is 6.16. The molecule has 1 saturated heterocycles. The fourth-order valence-electron chi connectivity index (χ4n) is 6.16. The summed E-state index contributed by atoms with van der Waals surface area (Å²) >= 11 is 0. The number of rotatable bonds is 12. The van der Waals surface area contributed by atoms with Gasteiger partial charge in [0.25, 0.3) is 5.69 Å². The van der Waals surface area contributed by atoms with Gasteiger partial charge in [-0.1, -0.05) is 72.8 Å². The van der Waals surface area contributed by atoms with Crippen LogP contribution in [0.2, 0.25) is 0 Å². The number of likely N-dealkylation sites (N-methyl/N-ethyl adjacent to an activating group) is 1. The van der Waals surface area contributed by atoms with Gasteiger partial charge >= 0.3 is 11.9 Å². The predicted octanol–water partition coefficient (Wildman–Crippen LogP) is 4.61. The first-order chi connectivity index (χ1) is 22.7. The molecule has 3 aromatic rings. The minimum atomic E-state index is -1.04. The topological polar surface area (TPSA) is 140 Å². The number of nitro benzene ring substituents is 1. The average molecular weight is 640 g/mol. The second kappa shape index (κ2) is 15.5. The van der Waals surface area contributed by atoms with E-state index in [1.807, 2.05) is 60.5 Å². The summed E-state index contributed by atoms with van der Waals surface area (Å²) in [5.41, 5.74) is 9.48. The molecule has 0 aromatic heterocycles. The molecule has 2 unspecified atom stereocenters. The monoisotopic (exact) mass is 639 g/mol. The van der Waals surface area contributed by atoms with Gasteiger partial charge in [0.1, 0.15) is 18.5 Å². The maximum atomic E-state index is 14.0. The Labute approximate surface area is 274 Å². The number of benzene rings is 3. The molecule has 0 radical (unpaired) electrons. The molecule has 1 fully saturated rings. The molecule has 11 nitrogen and oxygen atoms in total. The summed E-state index contributed by atoms with van der Waals surface area (Å²) in [5, 5.41) is 14.7. The molecule has 2 aliphatic rings. The van der Waals surface area contributed by atoms with Gasteiger partial charge in [0, 0.05) is 44.0 Å². The van der Waals surface area contributed by atoms with Crippen molar-refractivity contribution in [2.45, 2.75) is 44.9 Å². The molecule has 47 heavy (non-hydrogen) atoms. The standard InChI is InChI=1S/C36H41N5O6/c1-25-31(35(42)46-20-19-39(2)22-26-11-5-3-6-12-26)32(28-15-9-16-29(21-28)41(44)45)33(34(37)38-25)36(43)47-30-17-10-18-40(24-30)23-27-13-7-4-8-14-27/h3-9,11-16,21,30,32,38H,10,17-20,22-24,37H2,1-2H3. The Bertz CT molecular complexity index is 1640. The largest absolute Gasteiger partial charge is 0.461 e. The van der Waals surface area contributed by atoms with E-state index < -0.39 is 28.9 Å². The van der Waals surface area contributed by atoms with Crippen molar-refractivity contribution in [2.75, 3.05) is 33.3 Å². The minimum absolute atomic E-state index is 0.0180. The molecule has 2 aliphatic heterocycles. The molecule has 0 aliphatic carbocycles. The molecule has 0 amide bonds. The second-order valence-electron chi connectivity index (χ2n) is 12.0. The highest BCUT2D eigenvalue weighted by atomic mass is 16.6. The third-order valence-corrected chi connectivity index (χ3v) is 8.43. The summed E-state index contributed by atoms with van der Waals surface area (Å²) in [6.07, 6.45) is 1.13. The van der Waals surface area contributed by atoms with Crippen LogP contribution in [0.1, 0.15) is 42.4 Å². The number of likely N-dealkylation sites (tertiary alicyclic amines) is 1. The van der Waals surface area contributed by atoms with Gasteiger partial charge in [0.15, 0.2) is 0 Å². The van der Waals surface area contributed by atoms with Crippen LogP contribution in [0.5, 0.6) is 0 Å². The van der Waals surface area contributed by atoms with Crippen molar-refractivity contribution < 1.29 is 24.0 Å². The Morgan fingerprint density at radius 2 is 1.70 bits per heavy atom. The van der Waals surface area contributed by atoms with Crippen LogP contribution in [0.15, 0.2) is 108 Å². The second-order valence-corrected chi connectivity index (χ2v) is 12.0. The van der Waals surface area contributed by atoms with Crippen molar-refractivity contribution in [3.8, 4) is 0 Å². The molecule has 0 bridgehead atoms. The maximum absolute atomic E-state index is 14.0. The van der Waals surface area contributed by atoms with Gasteiger partial charge in [-0.2, -0.15) is 0 Å². The number of non-ortho nitro benzene ring substituents is 1. The van der Waals surface area contributed by atoms with Crippen molar-refractivity contribution in [3.63, 3.8) is 0 Å². The summed E-state index contributed by atoms with van der Waals surface area (Å²) in [5.74, 6) is -2.34. The summed E-state index contributed by atoms with van der Waals surface area (Å²) in [6.45, 7) is 5.06. The number of hydrogen-bond acceptors (Lipinski definition) is 10. The number of nitrogens with one attached hydrogen (secondary N) is 1. The molecule has 11 heteroatoms. The molecule has 2 atom stereocenters. The molecule has 3 N–H and O–H groups in total. The lowest BCUT2D eigenvalue weighted by atomic mass is 9.81. The van der Waals surface area contributed by atoms with E-state index in [1.165, 1.54) is 23.8 Å². The van der Waals surface area contributed by atoms with Gasteiger partial charge in [-0.25, -0.2) is 9.59 Å². The van der Waals surface area contributed by atoms with Gasteiger partial charge in [-0.05, 0) is 50.0 Å². The van der Waals surface area contributed by atoms with Crippen LogP contribution < -0.4 is 11.1 Å². The Balaban J connectivity index is 1.34. The smallest absolute Gasteiger partial charge is 0.338 e. The predicted molar refractivity (Wildman–Crippen MR) is 177 cm³/mol. The van der Waals surface area contributed by atoms with Crippen LogP contribution >= 0.6 is 0 Å². The van der Waals surface area contributed by atoms with Gasteiger partial charge in [-0.3, -0.25) is 19.9 Å². The molecule has 5 rings (SSSR count). The molecule has 3 aromatic carbocycles. The summed E-state index contributed by atoms with van der Waals surface area (Å²) in [4.78, 5) is 43.2. The first-order valence-corrected chi connectivity index (χ1v) is 15.8. The quantitative estimate of drug-likeness (QED) is 0.164. The zero-order valence-electron chi connectivity index (χ0n) is 26.8. The summed E-state index contributed by atoms with van der Waals surface area (Å²) in [7, 11) is 1.93. The molecule has 0 spiro atoms. The number of dihydropyridines is 1. The molecular weight excluding hydrogens is 598 g/mol. The van der Waals surface area contributed by atoms with Crippen LogP contribution in [-0.4, -0.2) is 66.1 Å². The number of carbonyl (C=O) groups is 2. The van der Waals surface area contributed by atoms with E-state index in [9.17, 15) is 19.7 Å². The summed E-state index contributed by atoms with van der Waals surface area (Å²) in [6, 6.07) is 25.9. The average Bonchev–Trinajstić information content (AvgIpc) is 3.05. The van der Waals surface area contributed by atoms with Crippen LogP contribution in [0.4, 0.5) is 5.69 Å². The number of esters is 2. The lowest BCUT2D eigenvalue weighted by Gasteiger charge is -2.34. The van der Waals surface area contributed by atoms with Crippen molar-refractivity contribution in [1.82, 2.24) is 15.1 Å². The summed E-state index contributed by atoms with van der Waals surface area (Å²) < 4.78 is 11.8. The number of allylic oxidation sites excluding steroid dienone is 1. The van der Waals surface area contributed by atoms with E-state index in [-0.39, 0.29) is 29.3 Å². The van der Waals surface area contributed by atoms with E-state index in [2.05, 4.69) is 22.3 Å². The van der Waals surface area contributed by atoms with Crippen molar-refractivity contribution in [3.05, 3.63) is 134 Å². The van der Waals surface area contributed by atoms with Gasteiger partial charge in [0.2, 0.25) is 0 Å². The lowest BCUT2D eigenvalue weighted by molar-refractivity contribution is -0.384. The Morgan fingerprint density at radius 1 is 1.00 bits per heavy atom. The number of nitrogens with two attached hydrogens (primary N) is 1. The molecule has 246 valence electrons. The normalized spacial score (nSPS) is 18.5. The Kier molecular flexibility index (Phi) is 11.0. The first kappa shape index (κ1) is 33.4. The zero-order valence-corrected chi connectivity index (χ0v) is 26.8. The van der Waals surface area contributed by atoms with Crippen molar-refractivity contribution in [1.29, 1.82) is 0 Å². The highest BCUT2D eigenvalue weighted by Crippen LogP contribution is 2.39. The van der Waals surface area contributed by atoms with E-state index in [4.69, 9.17) is 15.2 Å².